The lowest BCUT2D eigenvalue weighted by Crippen LogP contribution is -2.32. The highest BCUT2D eigenvalue weighted by molar-refractivity contribution is 5.99. The third kappa shape index (κ3) is 5.00. The third-order valence-electron chi connectivity index (χ3n) is 7.56. The molecule has 39 heavy (non-hydrogen) atoms. The number of hydrogen-bond donors (Lipinski definition) is 3. The molecule has 6 nitrogen and oxygen atoms in total. The second kappa shape index (κ2) is 11.5. The van der Waals surface area contributed by atoms with Crippen LogP contribution in [0.3, 0.4) is 0 Å². The first-order valence-corrected chi connectivity index (χ1v) is 14.0. The largest absolute Gasteiger partial charge is 0.508 e. The van der Waals surface area contributed by atoms with Crippen molar-refractivity contribution in [2.75, 3.05) is 0 Å². The highest BCUT2D eigenvalue weighted by atomic mass is 16.6. The van der Waals surface area contributed by atoms with Crippen molar-refractivity contribution in [1.29, 1.82) is 0 Å². The molecule has 3 aromatic carbocycles. The lowest BCUT2D eigenvalue weighted by Gasteiger charge is -2.35. The van der Waals surface area contributed by atoms with Gasteiger partial charge < -0.3 is 20.1 Å². The molecule has 0 aromatic heterocycles. The van der Waals surface area contributed by atoms with Crippen molar-refractivity contribution in [2.45, 2.75) is 84.7 Å². The van der Waals surface area contributed by atoms with Gasteiger partial charge in [-0.1, -0.05) is 59.4 Å². The van der Waals surface area contributed by atoms with Crippen molar-refractivity contribution in [3.63, 3.8) is 0 Å². The Hall–Kier alpha value is -3.80. The Morgan fingerprint density at radius 3 is 1.59 bits per heavy atom. The number of carboxylic acid groups (broad SMARTS) is 1. The second-order valence-electron chi connectivity index (χ2n) is 10.4. The minimum Gasteiger partial charge on any atom is -0.508 e. The lowest BCUT2D eigenvalue weighted by atomic mass is 9.73. The van der Waals surface area contributed by atoms with Gasteiger partial charge in [-0.05, 0) is 84.3 Å². The molecule has 206 valence electrons. The molecule has 3 aromatic rings. The molecule has 1 aliphatic heterocycles. The Bertz CT molecular complexity index is 1340. The predicted molar refractivity (Wildman–Crippen MR) is 151 cm³/mol. The van der Waals surface area contributed by atoms with Gasteiger partial charge in [-0.25, -0.2) is 9.59 Å². The van der Waals surface area contributed by atoms with Crippen LogP contribution in [-0.2, 0) is 36.0 Å². The number of phenols is 2. The molecular weight excluding hydrogens is 492 g/mol. The van der Waals surface area contributed by atoms with Gasteiger partial charge in [0, 0.05) is 16.7 Å². The Balaban J connectivity index is 2.18. The highest BCUT2D eigenvalue weighted by Gasteiger charge is 2.51. The van der Waals surface area contributed by atoms with Crippen molar-refractivity contribution in [3.05, 3.63) is 92.5 Å². The van der Waals surface area contributed by atoms with E-state index in [1.54, 1.807) is 18.2 Å². The summed E-state index contributed by atoms with van der Waals surface area (Å²) in [6, 6.07) is 12.1. The quantitative estimate of drug-likeness (QED) is 0.229. The maximum atomic E-state index is 13.6. The number of esters is 1. The molecule has 0 spiro atoms. The van der Waals surface area contributed by atoms with Crippen molar-refractivity contribution in [1.82, 2.24) is 0 Å². The number of phenolic OH excluding ortho intramolecular Hbond substituents is 2. The summed E-state index contributed by atoms with van der Waals surface area (Å²) in [7, 11) is 0. The Morgan fingerprint density at radius 1 is 0.692 bits per heavy atom. The van der Waals surface area contributed by atoms with Gasteiger partial charge in [0.25, 0.3) is 0 Å². The molecule has 0 saturated heterocycles. The number of carbonyl (C=O) groups is 2. The van der Waals surface area contributed by atoms with E-state index in [1.165, 1.54) is 12.1 Å². The van der Waals surface area contributed by atoms with Crippen LogP contribution in [0.1, 0.15) is 113 Å². The first kappa shape index (κ1) is 28.2. The summed E-state index contributed by atoms with van der Waals surface area (Å²) in [5.74, 6) is -1.27. The molecule has 0 bridgehead atoms. The molecule has 0 amide bonds. The van der Waals surface area contributed by atoms with E-state index in [1.807, 2.05) is 26.0 Å². The average Bonchev–Trinajstić information content (AvgIpc) is 3.20. The zero-order valence-corrected chi connectivity index (χ0v) is 23.3. The van der Waals surface area contributed by atoms with E-state index in [2.05, 4.69) is 13.8 Å². The van der Waals surface area contributed by atoms with Crippen molar-refractivity contribution >= 4 is 11.9 Å². The van der Waals surface area contributed by atoms with E-state index in [4.69, 9.17) is 4.74 Å². The Labute approximate surface area is 230 Å². The standard InChI is InChI=1S/C33H38O6/c1-5-9-20-18-29(34)22(11-7-3)16-27(20)33(26-14-13-24(31(36)37)15-25(26)32(38)39-33)28-17-23(12-8-4)30(35)19-21(28)10-6-2/h13-19,34-35H,5-12H2,1-4H3,(H,36,37). The number of fused-ring (bicyclic) bond motifs is 1. The number of aromatic hydroxyl groups is 2. The van der Waals surface area contributed by atoms with Crippen LogP contribution in [0.5, 0.6) is 11.5 Å². The monoisotopic (exact) mass is 530 g/mol. The maximum Gasteiger partial charge on any atom is 0.340 e. The van der Waals surface area contributed by atoms with E-state index in [0.29, 0.717) is 31.2 Å². The minimum absolute atomic E-state index is 0.0128. The van der Waals surface area contributed by atoms with Gasteiger partial charge in [0.15, 0.2) is 5.60 Å². The average molecular weight is 531 g/mol. The predicted octanol–water partition coefficient (Wildman–Crippen LogP) is 7.07. The normalized spacial score (nSPS) is 13.8. The third-order valence-corrected chi connectivity index (χ3v) is 7.56. The van der Waals surface area contributed by atoms with Gasteiger partial charge in [-0.2, -0.15) is 0 Å². The number of rotatable bonds is 11. The molecule has 3 N–H and O–H groups in total. The van der Waals surface area contributed by atoms with E-state index in [-0.39, 0.29) is 22.6 Å². The van der Waals surface area contributed by atoms with Crippen LogP contribution < -0.4 is 0 Å². The van der Waals surface area contributed by atoms with Crippen LogP contribution >= 0.6 is 0 Å². The van der Waals surface area contributed by atoms with Gasteiger partial charge in [-0.3, -0.25) is 0 Å². The fraction of sp³-hybridized carbons (Fsp3) is 0.394. The number of benzene rings is 3. The van der Waals surface area contributed by atoms with Crippen LogP contribution in [0.15, 0.2) is 42.5 Å². The van der Waals surface area contributed by atoms with E-state index in [0.717, 1.165) is 59.1 Å². The molecular formula is C33H38O6. The van der Waals surface area contributed by atoms with Gasteiger partial charge in [0.05, 0.1) is 11.1 Å². The first-order chi connectivity index (χ1) is 18.7. The van der Waals surface area contributed by atoms with Crippen LogP contribution in [0.4, 0.5) is 0 Å². The number of aromatic carboxylic acids is 1. The van der Waals surface area contributed by atoms with Crippen LogP contribution in [0.2, 0.25) is 0 Å². The summed E-state index contributed by atoms with van der Waals surface area (Å²) >= 11 is 0. The molecule has 0 saturated carbocycles. The van der Waals surface area contributed by atoms with E-state index >= 15 is 0 Å². The molecule has 0 atom stereocenters. The molecule has 0 unspecified atom stereocenters. The van der Waals surface area contributed by atoms with Crippen molar-refractivity contribution in [3.8, 4) is 11.5 Å². The summed E-state index contributed by atoms with van der Waals surface area (Å²) in [5.41, 5.74) is 4.26. The SMILES string of the molecule is CCCc1cc(C2(c3cc(CCC)c(O)cc3CCC)OC(=O)c3cc(C(=O)O)ccc32)c(CCC)cc1O. The molecule has 4 rings (SSSR count). The van der Waals surface area contributed by atoms with Gasteiger partial charge >= 0.3 is 11.9 Å². The fourth-order valence-corrected chi connectivity index (χ4v) is 5.85. The van der Waals surface area contributed by atoms with Crippen molar-refractivity contribution < 1.29 is 29.6 Å². The highest BCUT2D eigenvalue weighted by Crippen LogP contribution is 2.51. The molecule has 0 aliphatic carbocycles. The number of carbonyl (C=O) groups excluding carboxylic acids is 1. The molecule has 1 heterocycles. The van der Waals surface area contributed by atoms with Gasteiger partial charge in [0.2, 0.25) is 0 Å². The number of cyclic esters (lactones) is 1. The number of aryl methyl sites for hydroxylation is 4. The number of ether oxygens (including phenoxy) is 1. The smallest absolute Gasteiger partial charge is 0.340 e. The topological polar surface area (TPSA) is 104 Å². The lowest BCUT2D eigenvalue weighted by molar-refractivity contribution is 0.0246. The molecule has 1 aliphatic rings. The van der Waals surface area contributed by atoms with E-state index in [9.17, 15) is 24.9 Å². The summed E-state index contributed by atoms with van der Waals surface area (Å²) < 4.78 is 6.45. The molecule has 0 radical (unpaired) electrons. The maximum absolute atomic E-state index is 13.6. The van der Waals surface area contributed by atoms with E-state index < -0.39 is 17.5 Å². The number of carboxylic acids is 1. The van der Waals surface area contributed by atoms with Crippen molar-refractivity contribution in [2.24, 2.45) is 0 Å². The first-order valence-electron chi connectivity index (χ1n) is 14.0. The summed E-state index contributed by atoms with van der Waals surface area (Å²) in [6.45, 7) is 8.21. The van der Waals surface area contributed by atoms with Gasteiger partial charge in [0.1, 0.15) is 11.5 Å². The zero-order valence-electron chi connectivity index (χ0n) is 23.3. The Morgan fingerprint density at radius 2 is 1.15 bits per heavy atom. The number of hydrogen-bond acceptors (Lipinski definition) is 5. The van der Waals surface area contributed by atoms with Crippen LogP contribution in [0.25, 0.3) is 0 Å². The second-order valence-corrected chi connectivity index (χ2v) is 10.4. The van der Waals surface area contributed by atoms with Crippen LogP contribution in [-0.4, -0.2) is 27.3 Å². The summed E-state index contributed by atoms with van der Waals surface area (Å²) in [5, 5.41) is 31.4. The fourth-order valence-electron chi connectivity index (χ4n) is 5.85. The minimum atomic E-state index is -1.36. The summed E-state index contributed by atoms with van der Waals surface area (Å²) in [4.78, 5) is 25.4. The zero-order chi connectivity index (χ0) is 28.3. The molecule has 0 fully saturated rings. The van der Waals surface area contributed by atoms with Crippen LogP contribution in [0, 0.1) is 0 Å². The molecule has 6 heteroatoms. The van der Waals surface area contributed by atoms with Gasteiger partial charge in [-0.15, -0.1) is 0 Å². The Kier molecular flexibility index (Phi) is 8.34. The summed E-state index contributed by atoms with van der Waals surface area (Å²) in [6.07, 6.45) is 5.88.